The summed E-state index contributed by atoms with van der Waals surface area (Å²) >= 11 is 2.26. The van der Waals surface area contributed by atoms with Crippen LogP contribution in [0, 0.1) is 3.57 Å². The molecular weight excluding hydrogens is 301 g/mol. The number of aldehydes is 1. The maximum absolute atomic E-state index is 10.6. The van der Waals surface area contributed by atoms with E-state index >= 15 is 0 Å². The Labute approximate surface area is 101 Å². The molecule has 1 heterocycles. The Morgan fingerprint density at radius 1 is 1.07 bits per heavy atom. The van der Waals surface area contributed by atoms with Crippen LogP contribution in [0.1, 0.15) is 10.4 Å². The fourth-order valence-corrected chi connectivity index (χ4v) is 1.68. The lowest BCUT2D eigenvalue weighted by Crippen LogP contribution is -1.85. The molecule has 0 aliphatic carbocycles. The van der Waals surface area contributed by atoms with Gasteiger partial charge in [0.15, 0.2) is 6.29 Å². The van der Waals surface area contributed by atoms with Crippen molar-refractivity contribution >= 4 is 28.9 Å². The zero-order valence-corrected chi connectivity index (χ0v) is 10.0. The topological polar surface area (TPSA) is 30.0 Å². The number of pyridine rings is 1. The fraction of sp³-hybridized carbons (Fsp3) is 0. The summed E-state index contributed by atoms with van der Waals surface area (Å²) in [4.78, 5) is 14.6. The molecule has 0 saturated heterocycles. The average Bonchev–Trinajstić information content (AvgIpc) is 2.30. The Hall–Kier alpha value is -1.23. The van der Waals surface area contributed by atoms with Crippen molar-refractivity contribution in [1.82, 2.24) is 4.98 Å². The molecule has 74 valence electrons. The van der Waals surface area contributed by atoms with E-state index in [4.69, 9.17) is 0 Å². The number of aromatic nitrogens is 1. The van der Waals surface area contributed by atoms with Crippen LogP contribution >= 0.6 is 22.6 Å². The van der Waals surface area contributed by atoms with E-state index in [0.717, 1.165) is 17.4 Å². The highest BCUT2D eigenvalue weighted by molar-refractivity contribution is 14.1. The second-order valence-corrected chi connectivity index (χ2v) is 4.38. The summed E-state index contributed by atoms with van der Waals surface area (Å²) in [5, 5.41) is 0. The third-order valence-electron chi connectivity index (χ3n) is 2.07. The van der Waals surface area contributed by atoms with E-state index in [2.05, 4.69) is 27.6 Å². The smallest absolute Gasteiger partial charge is 0.151 e. The molecule has 0 bridgehead atoms. The molecule has 1 aromatic heterocycles. The van der Waals surface area contributed by atoms with Crippen LogP contribution in [0.4, 0.5) is 0 Å². The first-order valence-corrected chi connectivity index (χ1v) is 5.53. The predicted octanol–water partition coefficient (Wildman–Crippen LogP) is 3.17. The van der Waals surface area contributed by atoms with Crippen LogP contribution in [0.3, 0.4) is 0 Å². The van der Waals surface area contributed by atoms with Crippen LogP contribution in [0.25, 0.3) is 11.1 Å². The Balaban J connectivity index is 2.44. The van der Waals surface area contributed by atoms with Crippen molar-refractivity contribution in [3.63, 3.8) is 0 Å². The zero-order chi connectivity index (χ0) is 10.7. The lowest BCUT2D eigenvalue weighted by atomic mass is 10.1. The van der Waals surface area contributed by atoms with Gasteiger partial charge in [-0.3, -0.25) is 9.78 Å². The van der Waals surface area contributed by atoms with Crippen molar-refractivity contribution in [3.05, 3.63) is 51.9 Å². The molecule has 15 heavy (non-hydrogen) atoms. The molecule has 0 N–H and O–H groups in total. The first kappa shape index (κ1) is 10.3. The molecule has 2 rings (SSSR count). The van der Waals surface area contributed by atoms with E-state index in [-0.39, 0.29) is 0 Å². The second kappa shape index (κ2) is 4.53. The molecule has 0 saturated carbocycles. The van der Waals surface area contributed by atoms with Gasteiger partial charge >= 0.3 is 0 Å². The summed E-state index contributed by atoms with van der Waals surface area (Å²) in [5.74, 6) is 0. The molecule has 0 radical (unpaired) electrons. The van der Waals surface area contributed by atoms with Crippen LogP contribution in [0.2, 0.25) is 0 Å². The number of benzene rings is 1. The monoisotopic (exact) mass is 309 g/mol. The van der Waals surface area contributed by atoms with Gasteiger partial charge in [0.1, 0.15) is 0 Å². The van der Waals surface area contributed by atoms with Crippen molar-refractivity contribution < 1.29 is 4.79 Å². The molecule has 0 fully saturated rings. The van der Waals surface area contributed by atoms with Gasteiger partial charge in [-0.1, -0.05) is 12.1 Å². The first-order valence-electron chi connectivity index (χ1n) is 4.46. The molecule has 2 aromatic rings. The van der Waals surface area contributed by atoms with Gasteiger partial charge in [-0.15, -0.1) is 0 Å². The number of hydrogen-bond acceptors (Lipinski definition) is 2. The Bertz CT molecular complexity index is 479. The molecule has 1 aromatic carbocycles. The number of halogens is 1. The number of nitrogens with zero attached hydrogens (tertiary/aromatic N) is 1. The summed E-state index contributed by atoms with van der Waals surface area (Å²) < 4.78 is 1.19. The van der Waals surface area contributed by atoms with Crippen LogP contribution in [0.5, 0.6) is 0 Å². The first-order chi connectivity index (χ1) is 7.29. The van der Waals surface area contributed by atoms with Crippen molar-refractivity contribution in [3.8, 4) is 11.1 Å². The fourth-order valence-electron chi connectivity index (χ4n) is 1.32. The largest absolute Gasteiger partial charge is 0.298 e. The van der Waals surface area contributed by atoms with Gasteiger partial charge in [-0.25, -0.2) is 0 Å². The van der Waals surface area contributed by atoms with Crippen molar-refractivity contribution in [2.45, 2.75) is 0 Å². The van der Waals surface area contributed by atoms with Gasteiger partial charge in [-0.2, -0.15) is 0 Å². The van der Waals surface area contributed by atoms with Crippen molar-refractivity contribution in [2.24, 2.45) is 0 Å². The van der Waals surface area contributed by atoms with E-state index in [9.17, 15) is 4.79 Å². The third kappa shape index (κ3) is 2.41. The van der Waals surface area contributed by atoms with E-state index < -0.39 is 0 Å². The quantitative estimate of drug-likeness (QED) is 0.630. The molecule has 0 unspecified atom stereocenters. The van der Waals surface area contributed by atoms with E-state index in [1.165, 1.54) is 3.57 Å². The minimum Gasteiger partial charge on any atom is -0.298 e. The summed E-state index contributed by atoms with van der Waals surface area (Å²) in [6.45, 7) is 0. The molecule has 2 nitrogen and oxygen atoms in total. The molecule has 0 amide bonds. The highest BCUT2D eigenvalue weighted by atomic mass is 127. The maximum Gasteiger partial charge on any atom is 0.151 e. The van der Waals surface area contributed by atoms with E-state index in [1.807, 2.05) is 30.3 Å². The lowest BCUT2D eigenvalue weighted by molar-refractivity contribution is 0.112. The van der Waals surface area contributed by atoms with Gasteiger partial charge in [0.2, 0.25) is 0 Å². The SMILES string of the molecule is O=Cc1cncc(-c2ccc(I)cc2)c1. The number of rotatable bonds is 2. The number of hydrogen-bond donors (Lipinski definition) is 0. The molecule has 0 spiro atoms. The summed E-state index contributed by atoms with van der Waals surface area (Å²) in [5.41, 5.74) is 2.65. The normalized spacial score (nSPS) is 9.93. The number of carbonyl (C=O) groups is 1. The average molecular weight is 309 g/mol. The Morgan fingerprint density at radius 2 is 1.80 bits per heavy atom. The Morgan fingerprint density at radius 3 is 2.47 bits per heavy atom. The predicted molar refractivity (Wildman–Crippen MR) is 67.8 cm³/mol. The lowest BCUT2D eigenvalue weighted by Gasteiger charge is -2.01. The van der Waals surface area contributed by atoms with Crippen LogP contribution in [-0.4, -0.2) is 11.3 Å². The summed E-state index contributed by atoms with van der Waals surface area (Å²) in [6.07, 6.45) is 4.13. The standard InChI is InChI=1S/C12H8INO/c13-12-3-1-10(2-4-12)11-5-9(8-15)6-14-7-11/h1-8H. The van der Waals surface area contributed by atoms with Gasteiger partial charge in [0.25, 0.3) is 0 Å². The van der Waals surface area contributed by atoms with Crippen LogP contribution in [-0.2, 0) is 0 Å². The number of carbonyl (C=O) groups excluding carboxylic acids is 1. The second-order valence-electron chi connectivity index (χ2n) is 3.13. The summed E-state index contributed by atoms with van der Waals surface area (Å²) in [6, 6.07) is 9.94. The minimum atomic E-state index is 0.603. The molecular formula is C12H8INO. The summed E-state index contributed by atoms with van der Waals surface area (Å²) in [7, 11) is 0. The maximum atomic E-state index is 10.6. The molecule has 0 aliphatic rings. The van der Waals surface area contributed by atoms with Gasteiger partial charge < -0.3 is 0 Å². The molecule has 3 heteroatoms. The van der Waals surface area contributed by atoms with Crippen molar-refractivity contribution in [1.29, 1.82) is 0 Å². The van der Waals surface area contributed by atoms with E-state index in [0.29, 0.717) is 5.56 Å². The third-order valence-corrected chi connectivity index (χ3v) is 2.79. The van der Waals surface area contributed by atoms with Gasteiger partial charge in [-0.05, 0) is 46.4 Å². The Kier molecular flexibility index (Phi) is 3.11. The zero-order valence-electron chi connectivity index (χ0n) is 7.85. The van der Waals surface area contributed by atoms with Gasteiger partial charge in [0, 0.05) is 27.1 Å². The molecule has 0 atom stereocenters. The highest BCUT2D eigenvalue weighted by Gasteiger charge is 1.99. The van der Waals surface area contributed by atoms with Gasteiger partial charge in [0.05, 0.1) is 0 Å². The van der Waals surface area contributed by atoms with Crippen molar-refractivity contribution in [2.75, 3.05) is 0 Å². The van der Waals surface area contributed by atoms with Crippen LogP contribution in [0.15, 0.2) is 42.7 Å². The van der Waals surface area contributed by atoms with Crippen LogP contribution < -0.4 is 0 Å². The highest BCUT2D eigenvalue weighted by Crippen LogP contribution is 2.19. The van der Waals surface area contributed by atoms with E-state index in [1.54, 1.807) is 12.4 Å². The molecule has 0 aliphatic heterocycles. The minimum absolute atomic E-state index is 0.603.